The van der Waals surface area contributed by atoms with Crippen molar-refractivity contribution in [1.29, 1.82) is 0 Å². The summed E-state index contributed by atoms with van der Waals surface area (Å²) in [5.41, 5.74) is 1.71. The van der Waals surface area contributed by atoms with E-state index in [-0.39, 0.29) is 24.6 Å². The number of carbonyl (C=O) groups excluding carboxylic acids is 1. The van der Waals surface area contributed by atoms with Gasteiger partial charge in [-0.05, 0) is 48.4 Å². The molecule has 1 saturated carbocycles. The summed E-state index contributed by atoms with van der Waals surface area (Å²) in [4.78, 5) is 22.5. The third-order valence-electron chi connectivity index (χ3n) is 5.80. The molecule has 2 fully saturated rings. The zero-order valence-electron chi connectivity index (χ0n) is 16.4. The number of carbonyl (C=O) groups is 2. The van der Waals surface area contributed by atoms with Crippen LogP contribution in [0, 0.1) is 11.8 Å². The number of hydrogen-bond donors (Lipinski definition) is 2. The molecule has 1 aliphatic carbocycles. The van der Waals surface area contributed by atoms with E-state index in [1.54, 1.807) is 12.3 Å². The molecule has 1 saturated heterocycles. The molecule has 0 spiro atoms. The van der Waals surface area contributed by atoms with Crippen molar-refractivity contribution in [1.82, 2.24) is 14.7 Å². The summed E-state index contributed by atoms with van der Waals surface area (Å²) in [5.74, 6) is 0.809. The van der Waals surface area contributed by atoms with Crippen LogP contribution in [0.5, 0.6) is 0 Å². The molecule has 0 bridgehead atoms. The molecule has 29 heavy (non-hydrogen) atoms. The lowest BCUT2D eigenvalue weighted by Crippen LogP contribution is -2.36. The predicted molar refractivity (Wildman–Crippen MR) is 105 cm³/mol. The first-order chi connectivity index (χ1) is 14.0. The maximum absolute atomic E-state index is 11.7. The van der Waals surface area contributed by atoms with E-state index < -0.39 is 0 Å². The Bertz CT molecular complexity index is 810. The highest BCUT2D eigenvalue weighted by Gasteiger charge is 2.42. The number of aromatic nitrogens is 2. The molecular weight excluding hydrogens is 374 g/mol. The standard InChI is InChI=1S/C20H25N3O3.CH2O2/c1-26-20(25)15-5-2-4-14(8-15)11-22-12-16-9-18(23-7-3-6-21-23)19(24)10-17(16)13-22;2-1-3/h2-8,16-19,24H,9-13H2,1H3;1H,(H,2,3)/t16-,17+,18-,19-;/m1./s1. The lowest BCUT2D eigenvalue weighted by atomic mass is 9.77. The third-order valence-corrected chi connectivity index (χ3v) is 5.80. The fourth-order valence-corrected chi connectivity index (χ4v) is 4.57. The van der Waals surface area contributed by atoms with Crippen molar-refractivity contribution >= 4 is 12.4 Å². The average Bonchev–Trinajstić information content (AvgIpc) is 3.37. The van der Waals surface area contributed by atoms with Gasteiger partial charge in [0, 0.05) is 32.0 Å². The quantitative estimate of drug-likeness (QED) is 0.595. The number of aliphatic hydroxyl groups is 1. The Labute approximate surface area is 169 Å². The molecule has 2 N–H and O–H groups in total. The van der Waals surface area contributed by atoms with Crippen LogP contribution in [-0.4, -0.2) is 63.6 Å². The van der Waals surface area contributed by atoms with Gasteiger partial charge in [0.1, 0.15) is 0 Å². The van der Waals surface area contributed by atoms with E-state index >= 15 is 0 Å². The van der Waals surface area contributed by atoms with E-state index in [4.69, 9.17) is 14.6 Å². The van der Waals surface area contributed by atoms with Crippen molar-refractivity contribution in [2.45, 2.75) is 31.5 Å². The van der Waals surface area contributed by atoms with E-state index in [9.17, 15) is 9.90 Å². The molecule has 0 unspecified atom stereocenters. The van der Waals surface area contributed by atoms with Crippen LogP contribution in [0.4, 0.5) is 0 Å². The molecule has 1 aliphatic heterocycles. The molecule has 0 radical (unpaired) electrons. The van der Waals surface area contributed by atoms with Gasteiger partial charge in [0.05, 0.1) is 24.8 Å². The smallest absolute Gasteiger partial charge is 0.337 e. The predicted octanol–water partition coefficient (Wildman–Crippen LogP) is 1.81. The van der Waals surface area contributed by atoms with E-state index in [0.29, 0.717) is 17.4 Å². The van der Waals surface area contributed by atoms with Gasteiger partial charge in [0.25, 0.3) is 6.47 Å². The number of rotatable bonds is 4. The number of esters is 1. The number of nitrogens with zero attached hydrogens (tertiary/aromatic N) is 3. The van der Waals surface area contributed by atoms with Gasteiger partial charge in [-0.25, -0.2) is 4.79 Å². The first-order valence-corrected chi connectivity index (χ1v) is 9.70. The van der Waals surface area contributed by atoms with Crippen LogP contribution in [0.3, 0.4) is 0 Å². The Hall–Kier alpha value is -2.71. The van der Waals surface area contributed by atoms with Crippen LogP contribution in [0.1, 0.15) is 34.8 Å². The highest BCUT2D eigenvalue weighted by molar-refractivity contribution is 5.89. The van der Waals surface area contributed by atoms with Gasteiger partial charge in [-0.3, -0.25) is 14.4 Å². The maximum Gasteiger partial charge on any atom is 0.337 e. The molecule has 1 aromatic heterocycles. The third kappa shape index (κ3) is 5.02. The van der Waals surface area contributed by atoms with Gasteiger partial charge in [-0.1, -0.05) is 12.1 Å². The number of hydrogen-bond acceptors (Lipinski definition) is 6. The molecule has 8 heteroatoms. The van der Waals surface area contributed by atoms with Crippen LogP contribution in [0.25, 0.3) is 0 Å². The largest absolute Gasteiger partial charge is 0.483 e. The van der Waals surface area contributed by atoms with Crippen LogP contribution in [0.2, 0.25) is 0 Å². The van der Waals surface area contributed by atoms with E-state index in [0.717, 1.165) is 38.0 Å². The second kappa shape index (κ2) is 9.67. The molecule has 156 valence electrons. The minimum atomic E-state index is -0.334. The Kier molecular flexibility index (Phi) is 7.00. The monoisotopic (exact) mass is 401 g/mol. The zero-order chi connectivity index (χ0) is 20.8. The van der Waals surface area contributed by atoms with Crippen molar-refractivity contribution in [3.8, 4) is 0 Å². The highest BCUT2D eigenvalue weighted by Crippen LogP contribution is 2.41. The van der Waals surface area contributed by atoms with E-state index in [1.807, 2.05) is 29.1 Å². The van der Waals surface area contributed by atoms with Gasteiger partial charge in [-0.2, -0.15) is 5.10 Å². The highest BCUT2D eigenvalue weighted by atomic mass is 16.5. The molecule has 4 atom stereocenters. The summed E-state index contributed by atoms with van der Waals surface area (Å²) in [6.45, 7) is 2.59. The minimum absolute atomic E-state index is 0.0776. The molecule has 4 rings (SSSR count). The van der Waals surface area contributed by atoms with Crippen molar-refractivity contribution in [2.24, 2.45) is 11.8 Å². The second-order valence-corrected chi connectivity index (χ2v) is 7.60. The van der Waals surface area contributed by atoms with Crippen molar-refractivity contribution in [3.05, 3.63) is 53.9 Å². The summed E-state index contributed by atoms with van der Waals surface area (Å²) in [6, 6.07) is 9.64. The number of aliphatic hydroxyl groups excluding tert-OH is 1. The summed E-state index contributed by atoms with van der Waals surface area (Å²) in [5, 5.41) is 21.8. The Morgan fingerprint density at radius 1 is 1.28 bits per heavy atom. The Balaban J connectivity index is 0.000000755. The molecule has 2 aliphatic rings. The number of benzene rings is 1. The summed E-state index contributed by atoms with van der Waals surface area (Å²) in [6.07, 6.45) is 5.17. The summed E-state index contributed by atoms with van der Waals surface area (Å²) < 4.78 is 6.71. The van der Waals surface area contributed by atoms with Crippen molar-refractivity contribution in [3.63, 3.8) is 0 Å². The van der Waals surface area contributed by atoms with E-state index in [1.165, 1.54) is 7.11 Å². The van der Waals surface area contributed by atoms with Crippen LogP contribution < -0.4 is 0 Å². The van der Waals surface area contributed by atoms with Gasteiger partial charge in [0.2, 0.25) is 0 Å². The number of likely N-dealkylation sites (tertiary alicyclic amines) is 1. The molecule has 2 aromatic rings. The van der Waals surface area contributed by atoms with Gasteiger partial charge < -0.3 is 14.9 Å². The van der Waals surface area contributed by atoms with Crippen LogP contribution >= 0.6 is 0 Å². The fraction of sp³-hybridized carbons (Fsp3) is 0.476. The summed E-state index contributed by atoms with van der Waals surface area (Å²) >= 11 is 0. The summed E-state index contributed by atoms with van der Waals surface area (Å²) in [7, 11) is 1.40. The SMILES string of the molecule is COC(=O)c1cccc(CN2C[C@H]3C[C@@H](n4cccn4)[C@H](O)C[C@H]3C2)c1.O=CO. The number of fused-ring (bicyclic) bond motifs is 1. The van der Waals surface area contributed by atoms with Crippen LogP contribution in [0.15, 0.2) is 42.7 Å². The lowest BCUT2D eigenvalue weighted by Gasteiger charge is -2.35. The Morgan fingerprint density at radius 3 is 2.66 bits per heavy atom. The van der Waals surface area contributed by atoms with Gasteiger partial charge >= 0.3 is 5.97 Å². The van der Waals surface area contributed by atoms with Gasteiger partial charge in [-0.15, -0.1) is 0 Å². The average molecular weight is 401 g/mol. The molecule has 1 aromatic carbocycles. The lowest BCUT2D eigenvalue weighted by molar-refractivity contribution is -0.122. The maximum atomic E-state index is 11.7. The number of ether oxygens (including phenoxy) is 1. The molecule has 8 nitrogen and oxygen atoms in total. The number of carboxylic acid groups (broad SMARTS) is 1. The second-order valence-electron chi connectivity index (χ2n) is 7.60. The number of methoxy groups -OCH3 is 1. The van der Waals surface area contributed by atoms with E-state index in [2.05, 4.69) is 16.1 Å². The van der Waals surface area contributed by atoms with Gasteiger partial charge in [0.15, 0.2) is 0 Å². The first kappa shape index (κ1) is 21.0. The minimum Gasteiger partial charge on any atom is -0.483 e. The zero-order valence-corrected chi connectivity index (χ0v) is 16.4. The molecular formula is C21H27N3O5. The molecule has 2 heterocycles. The normalized spacial score (nSPS) is 26.1. The van der Waals surface area contributed by atoms with Crippen molar-refractivity contribution < 1.29 is 24.5 Å². The Morgan fingerprint density at radius 2 is 2.00 bits per heavy atom. The molecule has 0 amide bonds. The first-order valence-electron chi connectivity index (χ1n) is 9.70. The van der Waals surface area contributed by atoms with Crippen molar-refractivity contribution in [2.75, 3.05) is 20.2 Å². The fourth-order valence-electron chi connectivity index (χ4n) is 4.57. The topological polar surface area (TPSA) is 105 Å². The van der Waals surface area contributed by atoms with Crippen LogP contribution in [-0.2, 0) is 16.1 Å².